The van der Waals surface area contributed by atoms with Gasteiger partial charge in [-0.1, -0.05) is 40.0 Å². The van der Waals surface area contributed by atoms with Gasteiger partial charge in [0.05, 0.1) is 16.2 Å². The Labute approximate surface area is 308 Å². The van der Waals surface area contributed by atoms with E-state index in [1.165, 1.54) is 26.7 Å². The lowest BCUT2D eigenvalue weighted by Crippen LogP contribution is -2.59. The fourth-order valence-electron chi connectivity index (χ4n) is 5.15. The first-order valence-corrected chi connectivity index (χ1v) is 18.3. The topological polar surface area (TPSA) is 99.1 Å². The first-order chi connectivity index (χ1) is 23.7. The molecule has 7 nitrogen and oxygen atoms in total. The third-order valence-electron chi connectivity index (χ3n) is 10.5. The Morgan fingerprint density at radius 2 is 1.06 bits per heavy atom. The highest BCUT2D eigenvalue weighted by Crippen LogP contribution is 2.48. The Kier molecular flexibility index (Phi) is 18.7. The third kappa shape index (κ3) is 16.2. The molecule has 0 bridgehead atoms. The zero-order valence-corrected chi connectivity index (χ0v) is 32.9. The van der Waals surface area contributed by atoms with Gasteiger partial charge < -0.3 is 19.3 Å². The molecule has 2 rings (SSSR count). The molecule has 0 spiro atoms. The van der Waals surface area contributed by atoms with Crippen molar-refractivity contribution in [3.05, 3.63) is 0 Å². The van der Waals surface area contributed by atoms with Gasteiger partial charge in [-0.3, -0.25) is 14.4 Å². The maximum atomic E-state index is 13.1. The van der Waals surface area contributed by atoms with Crippen LogP contribution in [0.1, 0.15) is 153 Å². The van der Waals surface area contributed by atoms with Crippen LogP contribution in [0, 0.1) is 22.2 Å². The molecule has 1 N–H and O–H groups in total. The average Bonchev–Trinajstić information content (AvgIpc) is 3.48. The van der Waals surface area contributed by atoms with Crippen molar-refractivity contribution in [2.24, 2.45) is 22.2 Å². The zero-order valence-electron chi connectivity index (χ0n) is 32.9. The third-order valence-corrected chi connectivity index (χ3v) is 10.5. The molecule has 2 fully saturated rings. The molecule has 0 aromatic rings. The van der Waals surface area contributed by atoms with Crippen LogP contribution in [0.4, 0.5) is 39.5 Å². The molecule has 53 heavy (non-hydrogen) atoms. The number of esters is 3. The molecule has 314 valence electrons. The van der Waals surface area contributed by atoms with Gasteiger partial charge in [0.2, 0.25) is 0 Å². The van der Waals surface area contributed by atoms with Gasteiger partial charge in [0.25, 0.3) is 5.60 Å². The van der Waals surface area contributed by atoms with Crippen LogP contribution in [0.2, 0.25) is 0 Å². The second kappa shape index (κ2) is 19.6. The predicted molar refractivity (Wildman–Crippen MR) is 180 cm³/mol. The highest BCUT2D eigenvalue weighted by Gasteiger charge is 2.71. The average molecular weight is 789 g/mol. The van der Waals surface area contributed by atoms with Crippen LogP contribution >= 0.6 is 0 Å². The van der Waals surface area contributed by atoms with Gasteiger partial charge in [0.1, 0.15) is 11.7 Å². The Hall–Kier alpha value is -2.26. The lowest BCUT2D eigenvalue weighted by Gasteiger charge is -2.39. The number of hydrogen-bond acceptors (Lipinski definition) is 7. The SMILES string of the molecule is CCC(C)(C)C(=O)OC(CC(O)(C(F)(F)F)C(F)(F)F)C1CCCCC1.CCC(C)(C)C(=O)OC1(C)CCCC1.CCC(C)(C)C(=O)OCC(F)(F)F. The maximum absolute atomic E-state index is 13.1. The first-order valence-electron chi connectivity index (χ1n) is 18.3. The Morgan fingerprint density at radius 3 is 1.43 bits per heavy atom. The summed E-state index contributed by atoms with van der Waals surface area (Å²) in [7, 11) is 0. The molecule has 0 radical (unpaired) electrons. The number of aliphatic hydroxyl groups is 1. The Balaban J connectivity index is 0.000000843. The van der Waals surface area contributed by atoms with E-state index in [1.807, 2.05) is 20.8 Å². The molecule has 2 saturated carbocycles. The molecule has 0 aliphatic heterocycles. The van der Waals surface area contributed by atoms with E-state index in [0.717, 1.165) is 25.7 Å². The van der Waals surface area contributed by atoms with E-state index in [9.17, 15) is 59.0 Å². The highest BCUT2D eigenvalue weighted by molar-refractivity contribution is 5.77. The first kappa shape index (κ1) is 50.7. The van der Waals surface area contributed by atoms with Crippen molar-refractivity contribution in [1.82, 2.24) is 0 Å². The monoisotopic (exact) mass is 788 g/mol. The zero-order chi connectivity index (χ0) is 41.9. The molecule has 1 unspecified atom stereocenters. The standard InChI is InChI=1S/C17H26F6O3.C12H22O2.C8H13F3O2/c1-4-14(2,3)13(24)26-12(11-8-6-5-7-9-11)10-15(25,16(18,19)20)17(21,22)23;1-5-11(2,3)10(13)14-12(4)8-6-7-9-12;1-4-7(2,3)6(12)13-5-8(9,10)11/h11-12,25H,4-10H2,1-3H3;5-9H2,1-4H3;4-5H2,1-3H3. The molecule has 2 aliphatic rings. The minimum Gasteiger partial charge on any atom is -0.462 e. The van der Waals surface area contributed by atoms with Crippen LogP contribution < -0.4 is 0 Å². The van der Waals surface area contributed by atoms with Crippen molar-refractivity contribution in [3.63, 3.8) is 0 Å². The summed E-state index contributed by atoms with van der Waals surface area (Å²) in [4.78, 5) is 35.1. The van der Waals surface area contributed by atoms with E-state index >= 15 is 0 Å². The van der Waals surface area contributed by atoms with E-state index in [2.05, 4.69) is 11.7 Å². The van der Waals surface area contributed by atoms with Crippen LogP contribution in [0.15, 0.2) is 0 Å². The Bertz CT molecular complexity index is 1130. The summed E-state index contributed by atoms with van der Waals surface area (Å²) in [5.74, 6) is -2.35. The molecule has 0 aromatic carbocycles. The normalized spacial score (nSPS) is 18.1. The molecule has 1 atom stereocenters. The van der Waals surface area contributed by atoms with Crippen molar-refractivity contribution < 1.29 is 73.2 Å². The Morgan fingerprint density at radius 1 is 0.660 bits per heavy atom. The van der Waals surface area contributed by atoms with Crippen molar-refractivity contribution in [3.8, 4) is 0 Å². The van der Waals surface area contributed by atoms with Gasteiger partial charge in [-0.25, -0.2) is 0 Å². The summed E-state index contributed by atoms with van der Waals surface area (Å²) in [5, 5.41) is 9.52. The van der Waals surface area contributed by atoms with Crippen LogP contribution in [0.3, 0.4) is 0 Å². The smallest absolute Gasteiger partial charge is 0.426 e. The van der Waals surface area contributed by atoms with Crippen molar-refractivity contribution in [2.45, 2.75) is 189 Å². The largest absolute Gasteiger partial charge is 0.462 e. The molecule has 0 amide bonds. The van der Waals surface area contributed by atoms with E-state index in [0.29, 0.717) is 38.5 Å². The second-order valence-corrected chi connectivity index (χ2v) is 16.4. The number of alkyl halides is 9. The van der Waals surface area contributed by atoms with Crippen LogP contribution in [0.5, 0.6) is 0 Å². The number of carbonyl (C=O) groups excluding carboxylic acids is 3. The van der Waals surface area contributed by atoms with Gasteiger partial charge in [-0.05, 0) is 112 Å². The van der Waals surface area contributed by atoms with Gasteiger partial charge >= 0.3 is 36.4 Å². The number of ether oxygens (including phenoxy) is 3. The van der Waals surface area contributed by atoms with E-state index < -0.39 is 71.9 Å². The van der Waals surface area contributed by atoms with Crippen LogP contribution in [-0.4, -0.2) is 65.5 Å². The summed E-state index contributed by atoms with van der Waals surface area (Å²) < 4.78 is 128. The van der Waals surface area contributed by atoms with Gasteiger partial charge in [0, 0.05) is 6.42 Å². The van der Waals surface area contributed by atoms with Crippen molar-refractivity contribution in [1.29, 1.82) is 0 Å². The molecule has 0 heterocycles. The molecule has 0 aromatic heterocycles. The van der Waals surface area contributed by atoms with Crippen LogP contribution in [-0.2, 0) is 28.6 Å². The summed E-state index contributed by atoms with van der Waals surface area (Å²) in [6, 6.07) is 0. The summed E-state index contributed by atoms with van der Waals surface area (Å²) in [6.07, 6.45) is -10.9. The van der Waals surface area contributed by atoms with E-state index in [-0.39, 0.29) is 17.0 Å². The minimum absolute atomic E-state index is 0.0376. The highest BCUT2D eigenvalue weighted by atomic mass is 19.4. The second-order valence-electron chi connectivity index (χ2n) is 16.4. The van der Waals surface area contributed by atoms with Gasteiger partial charge in [-0.15, -0.1) is 0 Å². The van der Waals surface area contributed by atoms with E-state index in [4.69, 9.17) is 9.47 Å². The van der Waals surface area contributed by atoms with Gasteiger partial charge in [0.15, 0.2) is 6.61 Å². The van der Waals surface area contributed by atoms with Gasteiger partial charge in [-0.2, -0.15) is 39.5 Å². The summed E-state index contributed by atoms with van der Waals surface area (Å²) in [6.45, 7) is 16.0. The summed E-state index contributed by atoms with van der Waals surface area (Å²) in [5.41, 5.74) is -7.30. The molecule has 2 aliphatic carbocycles. The fourth-order valence-corrected chi connectivity index (χ4v) is 5.15. The predicted octanol–water partition coefficient (Wildman–Crippen LogP) is 11.0. The van der Waals surface area contributed by atoms with E-state index in [1.54, 1.807) is 27.7 Å². The fraction of sp³-hybridized carbons (Fsp3) is 0.919. The lowest BCUT2D eigenvalue weighted by atomic mass is 9.80. The lowest BCUT2D eigenvalue weighted by molar-refractivity contribution is -0.375. The quantitative estimate of drug-likeness (QED) is 0.119. The number of rotatable bonds is 12. The number of halogens is 9. The summed E-state index contributed by atoms with van der Waals surface area (Å²) >= 11 is 0. The minimum atomic E-state index is -5.93. The molecule has 16 heteroatoms. The number of hydrogen-bond donors (Lipinski definition) is 1. The van der Waals surface area contributed by atoms with Crippen molar-refractivity contribution in [2.75, 3.05) is 6.61 Å². The molecular weight excluding hydrogens is 727 g/mol. The number of carbonyl (C=O) groups is 3. The molecular formula is C37H61F9O7. The molecule has 0 saturated heterocycles. The van der Waals surface area contributed by atoms with Crippen molar-refractivity contribution >= 4 is 17.9 Å². The maximum Gasteiger partial charge on any atom is 0.426 e. The van der Waals surface area contributed by atoms with Crippen LogP contribution in [0.25, 0.3) is 0 Å².